The van der Waals surface area contributed by atoms with E-state index in [0.717, 1.165) is 56.7 Å². The molecule has 1 aromatic heterocycles. The second-order valence-electron chi connectivity index (χ2n) is 19.2. The zero-order valence-electron chi connectivity index (χ0n) is 37.1. The average Bonchev–Trinajstić information content (AvgIpc) is 3.57. The van der Waals surface area contributed by atoms with Crippen LogP contribution in [0.1, 0.15) is 112 Å². The summed E-state index contributed by atoms with van der Waals surface area (Å²) in [4.78, 5) is 66.8. The molecule has 8 rings (SSSR count). The summed E-state index contributed by atoms with van der Waals surface area (Å²) in [5, 5.41) is 15.1. The maximum absolute atomic E-state index is 13.5. The highest BCUT2D eigenvalue weighted by molar-refractivity contribution is 6.31. The van der Waals surface area contributed by atoms with E-state index in [1.807, 2.05) is 6.07 Å². The van der Waals surface area contributed by atoms with Gasteiger partial charge in [0, 0.05) is 85.5 Å². The molecule has 2 N–H and O–H groups in total. The van der Waals surface area contributed by atoms with Gasteiger partial charge in [-0.25, -0.2) is 9.97 Å². The predicted octanol–water partition coefficient (Wildman–Crippen LogP) is 5.92. The summed E-state index contributed by atoms with van der Waals surface area (Å²) >= 11 is 6.26. The number of nitrogens with one attached hydrogen (secondary N) is 2. The number of fused-ring (bicyclic) bond motifs is 1. The molecule has 4 heterocycles. The van der Waals surface area contributed by atoms with Crippen LogP contribution in [0.25, 0.3) is 0 Å². The van der Waals surface area contributed by atoms with Gasteiger partial charge in [-0.05, 0) is 57.2 Å². The van der Waals surface area contributed by atoms with Gasteiger partial charge in [0.1, 0.15) is 53.1 Å². The van der Waals surface area contributed by atoms with Crippen LogP contribution in [0.15, 0.2) is 42.7 Å². The van der Waals surface area contributed by atoms with Gasteiger partial charge in [0.2, 0.25) is 11.8 Å². The molecule has 3 aromatic rings. The number of halogens is 1. The summed E-state index contributed by atoms with van der Waals surface area (Å²) in [5.74, 6) is 1.69. The second-order valence-corrected chi connectivity index (χ2v) is 19.6. The van der Waals surface area contributed by atoms with Gasteiger partial charge in [0.15, 0.2) is 0 Å². The number of nitriles is 1. The minimum absolute atomic E-state index is 0.00463. The van der Waals surface area contributed by atoms with Crippen LogP contribution in [-0.4, -0.2) is 107 Å². The van der Waals surface area contributed by atoms with Crippen molar-refractivity contribution in [1.29, 1.82) is 5.26 Å². The Labute approximate surface area is 373 Å². The monoisotopic (exact) mass is 880 g/mol. The van der Waals surface area contributed by atoms with Crippen LogP contribution in [0.2, 0.25) is 5.02 Å². The Bertz CT molecular complexity index is 2300. The van der Waals surface area contributed by atoms with E-state index in [1.165, 1.54) is 4.90 Å². The number of amides is 4. The van der Waals surface area contributed by atoms with Crippen LogP contribution >= 0.6 is 11.6 Å². The van der Waals surface area contributed by atoms with Crippen molar-refractivity contribution in [3.63, 3.8) is 0 Å². The fourth-order valence-corrected chi connectivity index (χ4v) is 11.0. The van der Waals surface area contributed by atoms with Crippen LogP contribution in [0.3, 0.4) is 0 Å². The molecule has 3 aliphatic heterocycles. The Morgan fingerprint density at radius 2 is 1.75 bits per heavy atom. The number of anilines is 1. The fraction of sp³-hybridized carbons (Fsp3) is 0.553. The van der Waals surface area contributed by atoms with E-state index in [2.05, 4.69) is 78.0 Å². The van der Waals surface area contributed by atoms with Crippen molar-refractivity contribution >= 4 is 41.0 Å². The van der Waals surface area contributed by atoms with Gasteiger partial charge < -0.3 is 29.3 Å². The Morgan fingerprint density at radius 3 is 2.37 bits per heavy atom. The van der Waals surface area contributed by atoms with Crippen LogP contribution in [0.5, 0.6) is 17.2 Å². The summed E-state index contributed by atoms with van der Waals surface area (Å²) in [6.45, 7) is 15.7. The highest BCUT2D eigenvalue weighted by Crippen LogP contribution is 2.55. The van der Waals surface area contributed by atoms with Crippen LogP contribution in [-0.2, 0) is 16.1 Å². The highest BCUT2D eigenvalue weighted by atomic mass is 35.5. The summed E-state index contributed by atoms with van der Waals surface area (Å²) < 4.78 is 18.5. The van der Waals surface area contributed by atoms with Crippen molar-refractivity contribution < 1.29 is 33.4 Å². The molecule has 15 nitrogen and oxygen atoms in total. The molecular formula is C47H57ClN8O7. The number of carbonyl (C=O) groups is 4. The average molecular weight is 881 g/mol. The number of hydrogen-bond donors (Lipinski definition) is 2. The molecule has 16 heteroatoms. The molecular weight excluding hydrogens is 824 g/mol. The molecule has 0 bridgehead atoms. The van der Waals surface area contributed by atoms with Gasteiger partial charge in [-0.3, -0.25) is 29.4 Å². The van der Waals surface area contributed by atoms with Gasteiger partial charge in [-0.15, -0.1) is 0 Å². The predicted molar refractivity (Wildman–Crippen MR) is 235 cm³/mol. The number of ether oxygens (including phenoxy) is 3. The van der Waals surface area contributed by atoms with Crippen molar-refractivity contribution in [2.45, 2.75) is 123 Å². The molecule has 334 valence electrons. The lowest BCUT2D eigenvalue weighted by Crippen LogP contribution is -2.74. The molecule has 5 aliphatic rings. The standard InChI is InChI=1S/C47H57ClN8O7/c1-26(2)55(29-16-31(17-29)62-32-18-33-34(38(20-32)61-7)25-56(43(33)60)37-10-11-40(57)52-42(37)59)24-27-12-14-54(15-13-27)39-23-50-36(22-51-39)41(58)53-44-46(3,4)45(47(44,5)6)63-30-9-8-28(21-49)35(48)19-30/h8-9,18-20,22-23,26-27,29,31,37,44-45H,10-17,24-25H2,1-7H3,(H,53,58)(H,52,57,59). The Kier molecular flexibility index (Phi) is 12.1. The zero-order valence-corrected chi connectivity index (χ0v) is 37.8. The summed E-state index contributed by atoms with van der Waals surface area (Å²) in [6, 6.07) is 10.6. The maximum Gasteiger partial charge on any atom is 0.271 e. The number of aromatic nitrogens is 2. The SMILES string of the molecule is COc1cc(OC2CC(N(CC3CCN(c4cnc(C(=O)NC5C(C)(C)C(Oc6ccc(C#N)c(Cl)c6)C5(C)C)cn4)CC3)C(C)C)C2)cc2c1CN(C1CCC(=O)NC1=O)C2=O. The number of carbonyl (C=O) groups excluding carboxylic acids is 4. The molecule has 1 unspecified atom stereocenters. The van der Waals surface area contributed by atoms with E-state index < -0.39 is 22.8 Å². The minimum atomic E-state index is -0.696. The normalized spacial score (nSPS) is 25.2. The van der Waals surface area contributed by atoms with Crippen LogP contribution in [0.4, 0.5) is 5.82 Å². The van der Waals surface area contributed by atoms with E-state index in [4.69, 9.17) is 25.8 Å². The zero-order chi connectivity index (χ0) is 45.0. The topological polar surface area (TPSA) is 179 Å². The van der Waals surface area contributed by atoms with E-state index >= 15 is 0 Å². The molecule has 2 aromatic carbocycles. The van der Waals surface area contributed by atoms with Gasteiger partial charge in [0.05, 0.1) is 42.2 Å². The lowest BCUT2D eigenvalue weighted by Gasteiger charge is -2.63. The number of imide groups is 1. The number of rotatable bonds is 13. The molecule has 4 fully saturated rings. The van der Waals surface area contributed by atoms with Crippen molar-refractivity contribution in [3.8, 4) is 23.3 Å². The van der Waals surface area contributed by atoms with Gasteiger partial charge >= 0.3 is 0 Å². The third kappa shape index (κ3) is 8.52. The highest BCUT2D eigenvalue weighted by Gasteiger charge is 2.64. The van der Waals surface area contributed by atoms with E-state index in [1.54, 1.807) is 43.8 Å². The van der Waals surface area contributed by atoms with E-state index in [-0.39, 0.29) is 54.6 Å². The fourth-order valence-electron chi connectivity index (χ4n) is 10.8. The number of nitrogens with zero attached hydrogens (tertiary/aromatic N) is 6. The first-order chi connectivity index (χ1) is 30.0. The number of piperidine rings is 2. The van der Waals surface area contributed by atoms with Gasteiger partial charge in [0.25, 0.3) is 11.8 Å². The van der Waals surface area contributed by atoms with Crippen LogP contribution < -0.4 is 29.7 Å². The number of hydrogen-bond acceptors (Lipinski definition) is 12. The molecule has 63 heavy (non-hydrogen) atoms. The van der Waals surface area contributed by atoms with Crippen molar-refractivity contribution in [1.82, 2.24) is 30.4 Å². The Morgan fingerprint density at radius 1 is 1.02 bits per heavy atom. The quantitative estimate of drug-likeness (QED) is 0.194. The molecule has 2 saturated heterocycles. The third-order valence-electron chi connectivity index (χ3n) is 14.0. The molecule has 2 saturated carbocycles. The van der Waals surface area contributed by atoms with E-state index in [0.29, 0.717) is 57.8 Å². The van der Waals surface area contributed by atoms with Crippen molar-refractivity contribution in [3.05, 3.63) is 70.1 Å². The smallest absolute Gasteiger partial charge is 0.271 e. The minimum Gasteiger partial charge on any atom is -0.496 e. The summed E-state index contributed by atoms with van der Waals surface area (Å²) in [5.41, 5.74) is 1.05. The lowest BCUT2D eigenvalue weighted by molar-refractivity contribution is -0.164. The summed E-state index contributed by atoms with van der Waals surface area (Å²) in [7, 11) is 1.57. The van der Waals surface area contributed by atoms with Gasteiger partial charge in [-0.2, -0.15) is 5.26 Å². The number of methoxy groups -OCH3 is 1. The molecule has 1 atom stereocenters. The first kappa shape index (κ1) is 44.2. The first-order valence-electron chi connectivity index (χ1n) is 22.0. The third-order valence-corrected chi connectivity index (χ3v) is 14.3. The molecule has 4 amide bonds. The maximum atomic E-state index is 13.5. The first-order valence-corrected chi connectivity index (χ1v) is 22.4. The Hall–Kier alpha value is -5.46. The lowest BCUT2D eigenvalue weighted by atomic mass is 9.49. The van der Waals surface area contributed by atoms with Gasteiger partial charge in [-0.1, -0.05) is 39.3 Å². The Balaban J connectivity index is 0.803. The number of benzene rings is 2. The molecule has 2 aliphatic carbocycles. The molecule has 0 radical (unpaired) electrons. The second kappa shape index (κ2) is 17.3. The van der Waals surface area contributed by atoms with E-state index in [9.17, 15) is 24.4 Å². The van der Waals surface area contributed by atoms with Crippen LogP contribution in [0, 0.1) is 28.1 Å². The van der Waals surface area contributed by atoms with Crippen molar-refractivity contribution in [2.75, 3.05) is 31.6 Å². The van der Waals surface area contributed by atoms with Crippen molar-refractivity contribution in [2.24, 2.45) is 16.7 Å². The molecule has 0 spiro atoms. The largest absolute Gasteiger partial charge is 0.496 e. The summed E-state index contributed by atoms with van der Waals surface area (Å²) in [6.07, 6.45) is 7.33.